The Kier molecular flexibility index (Phi) is 4.00. The monoisotopic (exact) mass is 238 g/mol. The maximum atomic E-state index is 12.8. The normalized spacial score (nSPS) is 16.8. The van der Waals surface area contributed by atoms with Crippen LogP contribution in [0, 0.1) is 5.95 Å². The molecule has 0 atom stereocenters. The van der Waals surface area contributed by atoms with Crippen molar-refractivity contribution >= 4 is 11.7 Å². The fourth-order valence-electron chi connectivity index (χ4n) is 1.73. The van der Waals surface area contributed by atoms with Gasteiger partial charge in [-0.05, 0) is 12.1 Å². The lowest BCUT2D eigenvalue weighted by atomic mass is 10.3. The molecule has 5 nitrogen and oxygen atoms in total. The van der Waals surface area contributed by atoms with Crippen LogP contribution < -0.4 is 10.6 Å². The summed E-state index contributed by atoms with van der Waals surface area (Å²) in [4.78, 5) is 17.3. The van der Waals surface area contributed by atoms with Gasteiger partial charge in [0.2, 0.25) is 11.9 Å². The van der Waals surface area contributed by atoms with Crippen LogP contribution in [0.5, 0.6) is 0 Å². The van der Waals surface area contributed by atoms with Crippen LogP contribution in [0.2, 0.25) is 0 Å². The minimum absolute atomic E-state index is 0.162. The van der Waals surface area contributed by atoms with Gasteiger partial charge in [0.15, 0.2) is 0 Å². The highest BCUT2D eigenvalue weighted by molar-refractivity contribution is 5.91. The van der Waals surface area contributed by atoms with Gasteiger partial charge in [-0.3, -0.25) is 9.69 Å². The van der Waals surface area contributed by atoms with Gasteiger partial charge in [-0.1, -0.05) is 6.07 Å². The summed E-state index contributed by atoms with van der Waals surface area (Å²) in [6, 6.07) is 4.33. The van der Waals surface area contributed by atoms with E-state index in [1.165, 1.54) is 12.1 Å². The van der Waals surface area contributed by atoms with Crippen LogP contribution in [0.1, 0.15) is 0 Å². The van der Waals surface area contributed by atoms with Gasteiger partial charge in [0.05, 0.1) is 6.54 Å². The fourth-order valence-corrected chi connectivity index (χ4v) is 1.73. The molecule has 2 heterocycles. The summed E-state index contributed by atoms with van der Waals surface area (Å²) in [6.45, 7) is 3.81. The van der Waals surface area contributed by atoms with Crippen LogP contribution in [0.3, 0.4) is 0 Å². The molecule has 0 radical (unpaired) electrons. The van der Waals surface area contributed by atoms with Crippen molar-refractivity contribution in [3.05, 3.63) is 24.1 Å². The molecule has 92 valence electrons. The van der Waals surface area contributed by atoms with Gasteiger partial charge in [-0.25, -0.2) is 4.98 Å². The molecule has 2 N–H and O–H groups in total. The molecule has 0 saturated carbocycles. The average Bonchev–Trinajstić information content (AvgIpc) is 2.30. The molecule has 1 amide bonds. The van der Waals surface area contributed by atoms with Gasteiger partial charge in [-0.2, -0.15) is 4.39 Å². The van der Waals surface area contributed by atoms with Gasteiger partial charge in [0, 0.05) is 26.2 Å². The number of carbonyl (C=O) groups is 1. The number of aromatic nitrogens is 1. The zero-order valence-electron chi connectivity index (χ0n) is 9.45. The van der Waals surface area contributed by atoms with Gasteiger partial charge < -0.3 is 10.6 Å². The van der Waals surface area contributed by atoms with Crippen molar-refractivity contribution in [1.82, 2.24) is 15.2 Å². The minimum atomic E-state index is -0.593. The van der Waals surface area contributed by atoms with E-state index < -0.39 is 5.95 Å². The Balaban J connectivity index is 1.84. The molecule has 0 bridgehead atoms. The SMILES string of the molecule is O=C(CN1CCNCC1)Nc1cccc(F)n1. The highest BCUT2D eigenvalue weighted by Gasteiger charge is 2.13. The Morgan fingerprint density at radius 3 is 2.94 bits per heavy atom. The maximum Gasteiger partial charge on any atom is 0.239 e. The molecular formula is C11H15FN4O. The second-order valence-corrected chi connectivity index (χ2v) is 3.92. The summed E-state index contributed by atoms with van der Waals surface area (Å²) in [5.41, 5.74) is 0. The van der Waals surface area contributed by atoms with Gasteiger partial charge in [0.25, 0.3) is 0 Å². The summed E-state index contributed by atoms with van der Waals surface area (Å²) < 4.78 is 12.8. The van der Waals surface area contributed by atoms with Gasteiger partial charge >= 0.3 is 0 Å². The number of hydrogen-bond acceptors (Lipinski definition) is 4. The first-order chi connectivity index (χ1) is 8.24. The fraction of sp³-hybridized carbons (Fsp3) is 0.455. The Labute approximate surface area is 99.0 Å². The van der Waals surface area contributed by atoms with Crippen molar-refractivity contribution in [2.45, 2.75) is 0 Å². The summed E-state index contributed by atoms with van der Waals surface area (Å²) in [5, 5.41) is 5.79. The quantitative estimate of drug-likeness (QED) is 0.731. The van der Waals surface area contributed by atoms with Crippen molar-refractivity contribution in [1.29, 1.82) is 0 Å². The highest BCUT2D eigenvalue weighted by Crippen LogP contribution is 2.03. The smallest absolute Gasteiger partial charge is 0.239 e. The number of rotatable bonds is 3. The summed E-state index contributed by atoms with van der Waals surface area (Å²) >= 11 is 0. The molecule has 1 aliphatic rings. The predicted molar refractivity (Wildman–Crippen MR) is 62.1 cm³/mol. The third kappa shape index (κ3) is 3.76. The van der Waals surface area contributed by atoms with E-state index >= 15 is 0 Å². The molecule has 0 spiro atoms. The van der Waals surface area contributed by atoms with E-state index in [-0.39, 0.29) is 11.7 Å². The molecule has 0 unspecified atom stereocenters. The van der Waals surface area contributed by atoms with E-state index in [0.717, 1.165) is 26.2 Å². The van der Waals surface area contributed by atoms with Crippen LogP contribution >= 0.6 is 0 Å². The van der Waals surface area contributed by atoms with Gasteiger partial charge in [0.1, 0.15) is 5.82 Å². The van der Waals surface area contributed by atoms with Crippen molar-refractivity contribution in [3.63, 3.8) is 0 Å². The average molecular weight is 238 g/mol. The maximum absolute atomic E-state index is 12.8. The third-order valence-corrected chi connectivity index (χ3v) is 2.56. The molecule has 2 rings (SSSR count). The second kappa shape index (κ2) is 5.70. The molecule has 6 heteroatoms. The van der Waals surface area contributed by atoms with Crippen LogP contribution in [0.4, 0.5) is 10.2 Å². The summed E-state index contributed by atoms with van der Waals surface area (Å²) in [6.07, 6.45) is 0. The second-order valence-electron chi connectivity index (χ2n) is 3.92. The van der Waals surface area contributed by atoms with E-state index in [0.29, 0.717) is 6.54 Å². The Hall–Kier alpha value is -1.53. The number of nitrogens with zero attached hydrogens (tertiary/aromatic N) is 2. The number of halogens is 1. The van der Waals surface area contributed by atoms with E-state index in [1.807, 2.05) is 4.90 Å². The van der Waals surface area contributed by atoms with Crippen LogP contribution in [-0.2, 0) is 4.79 Å². The molecule has 1 aromatic rings. The van der Waals surface area contributed by atoms with Crippen LogP contribution in [0.15, 0.2) is 18.2 Å². The molecule has 1 fully saturated rings. The van der Waals surface area contributed by atoms with E-state index in [2.05, 4.69) is 15.6 Å². The van der Waals surface area contributed by atoms with Crippen molar-refractivity contribution in [2.75, 3.05) is 38.0 Å². The van der Waals surface area contributed by atoms with Crippen LogP contribution in [-0.4, -0.2) is 48.5 Å². The van der Waals surface area contributed by atoms with Crippen molar-refractivity contribution in [2.24, 2.45) is 0 Å². The number of amides is 1. The lowest BCUT2D eigenvalue weighted by molar-refractivity contribution is -0.117. The molecule has 0 aromatic carbocycles. The third-order valence-electron chi connectivity index (χ3n) is 2.56. The number of pyridine rings is 1. The standard InChI is InChI=1S/C11H15FN4O/c12-9-2-1-3-10(14-9)15-11(17)8-16-6-4-13-5-7-16/h1-3,13H,4-8H2,(H,14,15,17). The van der Waals surface area contributed by atoms with E-state index in [9.17, 15) is 9.18 Å². The lowest BCUT2D eigenvalue weighted by Crippen LogP contribution is -2.46. The minimum Gasteiger partial charge on any atom is -0.314 e. The van der Waals surface area contributed by atoms with Crippen molar-refractivity contribution < 1.29 is 9.18 Å². The number of nitrogens with one attached hydrogen (secondary N) is 2. The number of anilines is 1. The first-order valence-electron chi connectivity index (χ1n) is 5.59. The first kappa shape index (κ1) is 11.9. The van der Waals surface area contributed by atoms with Crippen LogP contribution in [0.25, 0.3) is 0 Å². The van der Waals surface area contributed by atoms with Gasteiger partial charge in [-0.15, -0.1) is 0 Å². The summed E-state index contributed by atoms with van der Waals surface area (Å²) in [5.74, 6) is -0.500. The zero-order chi connectivity index (χ0) is 12.1. The Morgan fingerprint density at radius 1 is 1.47 bits per heavy atom. The molecule has 0 aliphatic carbocycles. The topological polar surface area (TPSA) is 57.3 Å². The van der Waals surface area contributed by atoms with E-state index in [4.69, 9.17) is 0 Å². The number of piperazine rings is 1. The zero-order valence-corrected chi connectivity index (χ0v) is 9.45. The largest absolute Gasteiger partial charge is 0.314 e. The molecular weight excluding hydrogens is 223 g/mol. The number of hydrogen-bond donors (Lipinski definition) is 2. The lowest BCUT2D eigenvalue weighted by Gasteiger charge is -2.26. The molecule has 17 heavy (non-hydrogen) atoms. The summed E-state index contributed by atoms with van der Waals surface area (Å²) in [7, 11) is 0. The Morgan fingerprint density at radius 2 is 2.24 bits per heavy atom. The predicted octanol–water partition coefficient (Wildman–Crippen LogP) is 0.0644. The highest BCUT2D eigenvalue weighted by atomic mass is 19.1. The molecule has 1 aliphatic heterocycles. The van der Waals surface area contributed by atoms with E-state index in [1.54, 1.807) is 6.07 Å². The molecule has 1 aromatic heterocycles. The molecule has 1 saturated heterocycles. The number of carbonyl (C=O) groups excluding carboxylic acids is 1. The Bertz CT molecular complexity index is 393. The first-order valence-corrected chi connectivity index (χ1v) is 5.59. The van der Waals surface area contributed by atoms with Crippen molar-refractivity contribution in [3.8, 4) is 0 Å².